The molecule has 0 spiro atoms. The maximum atomic E-state index is 13.0. The van der Waals surface area contributed by atoms with E-state index in [0.29, 0.717) is 29.9 Å². The zero-order valence-corrected chi connectivity index (χ0v) is 22.4. The summed E-state index contributed by atoms with van der Waals surface area (Å²) in [6.07, 6.45) is 8.35. The second-order valence-electron chi connectivity index (χ2n) is 9.01. The number of hydroxylamine groups is 2. The van der Waals surface area contributed by atoms with Crippen LogP contribution in [0.15, 0.2) is 65.3 Å². The van der Waals surface area contributed by atoms with Crippen molar-refractivity contribution < 1.29 is 28.4 Å². The van der Waals surface area contributed by atoms with Crippen LogP contribution in [0, 0.1) is 5.92 Å². The third kappa shape index (κ3) is 9.57. The van der Waals surface area contributed by atoms with Gasteiger partial charge in [0.05, 0.1) is 32.4 Å². The van der Waals surface area contributed by atoms with E-state index in [-0.39, 0.29) is 31.5 Å². The molecule has 0 bridgehead atoms. The van der Waals surface area contributed by atoms with E-state index in [1.807, 2.05) is 30.3 Å². The van der Waals surface area contributed by atoms with Gasteiger partial charge in [-0.25, -0.2) is 5.06 Å². The molecule has 208 valence electrons. The fourth-order valence-electron chi connectivity index (χ4n) is 3.92. The van der Waals surface area contributed by atoms with Crippen LogP contribution >= 0.6 is 0 Å². The van der Waals surface area contributed by atoms with E-state index in [2.05, 4.69) is 22.5 Å². The number of carbonyl (C=O) groups excluding carboxylic acids is 3. The number of amides is 3. The van der Waals surface area contributed by atoms with E-state index in [1.54, 1.807) is 37.7 Å². The van der Waals surface area contributed by atoms with E-state index in [9.17, 15) is 14.4 Å². The Morgan fingerprint density at radius 1 is 1.08 bits per heavy atom. The van der Waals surface area contributed by atoms with Crippen LogP contribution in [0.2, 0.25) is 0 Å². The first-order valence-corrected chi connectivity index (χ1v) is 13.1. The predicted molar refractivity (Wildman–Crippen MR) is 145 cm³/mol. The zero-order valence-electron chi connectivity index (χ0n) is 22.4. The van der Waals surface area contributed by atoms with Crippen molar-refractivity contribution in [2.75, 3.05) is 20.3 Å². The van der Waals surface area contributed by atoms with Crippen LogP contribution in [-0.4, -0.2) is 48.6 Å². The highest BCUT2D eigenvalue weighted by molar-refractivity contribution is 5.92. The number of benzene rings is 1. The molecular weight excluding hydrogens is 500 g/mol. The highest BCUT2D eigenvalue weighted by atomic mass is 16.7. The summed E-state index contributed by atoms with van der Waals surface area (Å²) in [7, 11) is 1.54. The molecule has 0 saturated carbocycles. The number of unbranched alkanes of at least 4 members (excludes halogenated alkanes) is 3. The summed E-state index contributed by atoms with van der Waals surface area (Å²) in [4.78, 5) is 46.9. The van der Waals surface area contributed by atoms with Gasteiger partial charge in [0.25, 0.3) is 5.91 Å². The topological polar surface area (TPSA) is 123 Å². The first kappa shape index (κ1) is 29.4. The molecule has 2 N–H and O–H groups in total. The number of hydrogen-bond acceptors (Lipinski definition) is 7. The fraction of sp³-hybridized carbons (Fsp3) is 0.379. The Morgan fingerprint density at radius 2 is 1.90 bits per heavy atom. The average molecular weight is 537 g/mol. The summed E-state index contributed by atoms with van der Waals surface area (Å²) in [5, 5.41) is 6.55. The zero-order chi connectivity index (χ0) is 27.9. The Bertz CT molecular complexity index is 1180. The van der Waals surface area contributed by atoms with Crippen LogP contribution < -0.4 is 15.4 Å². The number of nitrogens with zero attached hydrogens (tertiary/aromatic N) is 2. The van der Waals surface area contributed by atoms with Gasteiger partial charge in [-0.1, -0.05) is 62.9 Å². The molecule has 0 unspecified atom stereocenters. The van der Waals surface area contributed by atoms with Crippen molar-refractivity contribution in [2.45, 2.75) is 45.6 Å². The molecule has 10 nitrogen and oxygen atoms in total. The van der Waals surface area contributed by atoms with Gasteiger partial charge in [-0.3, -0.25) is 24.2 Å². The normalized spacial score (nSPS) is 11.4. The van der Waals surface area contributed by atoms with Crippen molar-refractivity contribution in [3.8, 4) is 17.1 Å². The first-order valence-electron chi connectivity index (χ1n) is 13.1. The number of rotatable bonds is 17. The minimum Gasteiger partial charge on any atom is -0.495 e. The van der Waals surface area contributed by atoms with Gasteiger partial charge in [0.1, 0.15) is 18.1 Å². The maximum absolute atomic E-state index is 13.0. The smallest absolute Gasteiger partial charge is 0.288 e. The number of nitrogens with one attached hydrogen (secondary N) is 2. The number of carbonyl (C=O) groups is 3. The van der Waals surface area contributed by atoms with Crippen LogP contribution in [0.1, 0.15) is 55.1 Å². The van der Waals surface area contributed by atoms with Gasteiger partial charge in [0.15, 0.2) is 5.76 Å². The molecule has 0 radical (unpaired) electrons. The Labute approximate surface area is 228 Å². The molecule has 2 aromatic heterocycles. The van der Waals surface area contributed by atoms with E-state index in [1.165, 1.54) is 0 Å². The second kappa shape index (κ2) is 15.9. The number of methoxy groups -OCH3 is 1. The molecule has 3 aromatic rings. The molecule has 10 heteroatoms. The standard InChI is InChI=1S/C29H36N4O6/c1-3-4-5-9-12-23(18-33(21-34)38-19-22-10-7-6-8-11-22)28(35)31-20-32-29(36)27-14-13-26(39-27)24-15-25(37-2)17-30-16-24/h6-8,10-11,13-17,21,23H,3-5,9,12,18-20H2,1-2H3,(H,31,35)(H,32,36)/t23-/m1/s1. The average Bonchev–Trinajstić information content (AvgIpc) is 3.47. The minimum absolute atomic E-state index is 0.0914. The van der Waals surface area contributed by atoms with Crippen LogP contribution in [-0.2, 0) is 21.0 Å². The van der Waals surface area contributed by atoms with Crippen molar-refractivity contribution in [3.05, 3.63) is 72.2 Å². The number of pyridine rings is 1. The highest BCUT2D eigenvalue weighted by Crippen LogP contribution is 2.24. The molecule has 39 heavy (non-hydrogen) atoms. The summed E-state index contributed by atoms with van der Waals surface area (Å²) >= 11 is 0. The van der Waals surface area contributed by atoms with Crippen molar-refractivity contribution in [1.82, 2.24) is 20.7 Å². The predicted octanol–water partition coefficient (Wildman–Crippen LogP) is 4.33. The molecule has 0 aliphatic carbocycles. The van der Waals surface area contributed by atoms with Crippen molar-refractivity contribution >= 4 is 18.2 Å². The Hall–Kier alpha value is -4.18. The van der Waals surface area contributed by atoms with E-state index in [4.69, 9.17) is 14.0 Å². The molecule has 2 heterocycles. The Morgan fingerprint density at radius 3 is 2.64 bits per heavy atom. The lowest BCUT2D eigenvalue weighted by molar-refractivity contribution is -0.182. The highest BCUT2D eigenvalue weighted by Gasteiger charge is 2.22. The van der Waals surface area contributed by atoms with Gasteiger partial charge < -0.3 is 19.8 Å². The van der Waals surface area contributed by atoms with Crippen molar-refractivity contribution in [3.63, 3.8) is 0 Å². The second-order valence-corrected chi connectivity index (χ2v) is 9.01. The van der Waals surface area contributed by atoms with E-state index in [0.717, 1.165) is 36.3 Å². The summed E-state index contributed by atoms with van der Waals surface area (Å²) < 4.78 is 10.8. The van der Waals surface area contributed by atoms with Gasteiger partial charge in [-0.2, -0.15) is 0 Å². The summed E-state index contributed by atoms with van der Waals surface area (Å²) in [6.45, 7) is 2.36. The first-order chi connectivity index (χ1) is 19.0. The number of aromatic nitrogens is 1. The SMILES string of the molecule is CCCCCC[C@H](CN(C=O)OCc1ccccc1)C(=O)NCNC(=O)c1ccc(-c2cncc(OC)c2)o1. The Kier molecular flexibility index (Phi) is 12.0. The van der Waals surface area contributed by atoms with Gasteiger partial charge in [-0.05, 0) is 30.2 Å². The summed E-state index contributed by atoms with van der Waals surface area (Å²) in [5.41, 5.74) is 1.58. The lowest BCUT2D eigenvalue weighted by atomic mass is 9.99. The summed E-state index contributed by atoms with van der Waals surface area (Å²) in [6, 6.07) is 14.4. The molecule has 3 amide bonds. The quantitative estimate of drug-likeness (QED) is 0.114. The molecule has 1 atom stereocenters. The van der Waals surface area contributed by atoms with Crippen molar-refractivity contribution in [2.24, 2.45) is 5.92 Å². The molecule has 3 rings (SSSR count). The third-order valence-corrected chi connectivity index (χ3v) is 6.11. The van der Waals surface area contributed by atoms with Gasteiger partial charge in [-0.15, -0.1) is 0 Å². The number of hydrogen-bond donors (Lipinski definition) is 2. The molecule has 0 fully saturated rings. The van der Waals surface area contributed by atoms with Crippen molar-refractivity contribution in [1.29, 1.82) is 0 Å². The van der Waals surface area contributed by atoms with E-state index >= 15 is 0 Å². The maximum Gasteiger partial charge on any atom is 0.288 e. The Balaban J connectivity index is 1.53. The third-order valence-electron chi connectivity index (χ3n) is 6.11. The van der Waals surface area contributed by atoms with Gasteiger partial charge >= 0.3 is 0 Å². The summed E-state index contributed by atoms with van der Waals surface area (Å²) in [5.74, 6) is -0.107. The van der Waals surface area contributed by atoms with Gasteiger partial charge in [0, 0.05) is 11.8 Å². The van der Waals surface area contributed by atoms with Crippen LogP contribution in [0.5, 0.6) is 5.75 Å². The molecule has 1 aromatic carbocycles. The van der Waals surface area contributed by atoms with Crippen LogP contribution in [0.4, 0.5) is 0 Å². The van der Waals surface area contributed by atoms with Gasteiger partial charge in [0.2, 0.25) is 12.3 Å². The van der Waals surface area contributed by atoms with Crippen LogP contribution in [0.25, 0.3) is 11.3 Å². The molecule has 0 aliphatic heterocycles. The number of furan rings is 1. The molecular formula is C29H36N4O6. The lowest BCUT2D eigenvalue weighted by Gasteiger charge is -2.23. The molecule has 0 saturated heterocycles. The fourth-order valence-corrected chi connectivity index (χ4v) is 3.92. The van der Waals surface area contributed by atoms with E-state index < -0.39 is 11.8 Å². The monoisotopic (exact) mass is 536 g/mol. The number of ether oxygens (including phenoxy) is 1. The van der Waals surface area contributed by atoms with Crippen LogP contribution in [0.3, 0.4) is 0 Å². The largest absolute Gasteiger partial charge is 0.495 e. The molecule has 0 aliphatic rings. The minimum atomic E-state index is -0.490. The lowest BCUT2D eigenvalue weighted by Crippen LogP contribution is -2.43.